The lowest BCUT2D eigenvalue weighted by Gasteiger charge is -2.26. The molecule has 1 aliphatic rings. The third-order valence-electron chi connectivity index (χ3n) is 4.17. The summed E-state index contributed by atoms with van der Waals surface area (Å²) in [5.41, 5.74) is 0.372. The molecule has 1 aromatic rings. The molecular formula is C17H28ClN3O3S. The highest BCUT2D eigenvalue weighted by Crippen LogP contribution is 2.21. The molecule has 0 unspecified atom stereocenters. The molecule has 1 aromatic carbocycles. The van der Waals surface area contributed by atoms with Crippen molar-refractivity contribution in [2.24, 2.45) is 0 Å². The van der Waals surface area contributed by atoms with E-state index in [1.165, 1.54) is 10.4 Å². The third kappa shape index (κ3) is 5.95. The van der Waals surface area contributed by atoms with Crippen molar-refractivity contribution in [1.29, 1.82) is 0 Å². The second-order valence-corrected chi connectivity index (χ2v) is 8.10. The van der Waals surface area contributed by atoms with E-state index in [1.807, 2.05) is 13.8 Å². The van der Waals surface area contributed by atoms with Crippen molar-refractivity contribution in [2.75, 3.05) is 26.2 Å². The zero-order valence-corrected chi connectivity index (χ0v) is 16.5. The number of nitrogens with zero attached hydrogens (tertiary/aromatic N) is 1. The van der Waals surface area contributed by atoms with Crippen molar-refractivity contribution in [2.45, 2.75) is 44.0 Å². The standard InChI is InChI=1S/C17H27N3O3S.ClH/c1-3-18-14(2)13-19-17(21)15-8-7-9-16(12-15)24(22,23)20-10-5-4-6-11-20;/h7-9,12,14,18H,3-6,10-11,13H2,1-2H3,(H,19,21);1H/t14-;/m1./s1. The quantitative estimate of drug-likeness (QED) is 0.747. The van der Waals surface area contributed by atoms with Crippen LogP contribution in [0.2, 0.25) is 0 Å². The van der Waals surface area contributed by atoms with E-state index in [0.717, 1.165) is 25.8 Å². The van der Waals surface area contributed by atoms with E-state index in [1.54, 1.807) is 18.2 Å². The molecule has 1 aliphatic heterocycles. The lowest BCUT2D eigenvalue weighted by molar-refractivity contribution is 0.0950. The number of halogens is 1. The fourth-order valence-electron chi connectivity index (χ4n) is 2.82. The molecule has 6 nitrogen and oxygen atoms in total. The van der Waals surface area contributed by atoms with E-state index < -0.39 is 10.0 Å². The topological polar surface area (TPSA) is 78.5 Å². The molecule has 25 heavy (non-hydrogen) atoms. The Bertz CT molecular complexity index is 661. The maximum Gasteiger partial charge on any atom is 0.251 e. The molecule has 1 atom stereocenters. The molecule has 0 spiro atoms. The number of carbonyl (C=O) groups is 1. The lowest BCUT2D eigenvalue weighted by Crippen LogP contribution is -2.39. The van der Waals surface area contributed by atoms with Crippen LogP contribution in [0.3, 0.4) is 0 Å². The summed E-state index contributed by atoms with van der Waals surface area (Å²) in [4.78, 5) is 12.5. The first kappa shape index (κ1) is 21.9. The van der Waals surface area contributed by atoms with E-state index in [2.05, 4.69) is 10.6 Å². The molecule has 1 fully saturated rings. The number of benzene rings is 1. The molecule has 2 rings (SSSR count). The minimum Gasteiger partial charge on any atom is -0.350 e. The number of rotatable bonds is 7. The van der Waals surface area contributed by atoms with Crippen LogP contribution >= 0.6 is 12.4 Å². The highest BCUT2D eigenvalue weighted by Gasteiger charge is 2.26. The van der Waals surface area contributed by atoms with Crippen LogP contribution in [0.25, 0.3) is 0 Å². The van der Waals surface area contributed by atoms with E-state index in [-0.39, 0.29) is 29.3 Å². The molecule has 1 heterocycles. The highest BCUT2D eigenvalue weighted by atomic mass is 35.5. The predicted octanol–water partition coefficient (Wildman–Crippen LogP) is 2.01. The monoisotopic (exact) mass is 389 g/mol. The zero-order chi connectivity index (χ0) is 17.6. The smallest absolute Gasteiger partial charge is 0.251 e. The van der Waals surface area contributed by atoms with Gasteiger partial charge in [0, 0.05) is 31.2 Å². The normalized spacial score (nSPS) is 16.7. The Morgan fingerprint density at radius 2 is 1.92 bits per heavy atom. The van der Waals surface area contributed by atoms with Crippen LogP contribution in [0.1, 0.15) is 43.5 Å². The van der Waals surface area contributed by atoms with Crippen molar-refractivity contribution >= 4 is 28.3 Å². The second kappa shape index (κ2) is 10.1. The largest absolute Gasteiger partial charge is 0.350 e. The molecular weight excluding hydrogens is 362 g/mol. The number of sulfonamides is 1. The Balaban J connectivity index is 0.00000312. The van der Waals surface area contributed by atoms with Gasteiger partial charge in [0.05, 0.1) is 4.90 Å². The van der Waals surface area contributed by atoms with Crippen molar-refractivity contribution in [3.8, 4) is 0 Å². The summed E-state index contributed by atoms with van der Waals surface area (Å²) in [7, 11) is -3.52. The molecule has 1 saturated heterocycles. The van der Waals surface area contributed by atoms with E-state index in [4.69, 9.17) is 0 Å². The second-order valence-electron chi connectivity index (χ2n) is 6.16. The van der Waals surface area contributed by atoms with Gasteiger partial charge in [-0.1, -0.05) is 19.4 Å². The summed E-state index contributed by atoms with van der Waals surface area (Å²) in [6, 6.07) is 6.46. The zero-order valence-electron chi connectivity index (χ0n) is 14.8. The van der Waals surface area contributed by atoms with Gasteiger partial charge in [-0.2, -0.15) is 4.31 Å². The van der Waals surface area contributed by atoms with Gasteiger partial charge in [-0.25, -0.2) is 8.42 Å². The fourth-order valence-corrected chi connectivity index (χ4v) is 4.38. The van der Waals surface area contributed by atoms with Crippen molar-refractivity contribution in [3.05, 3.63) is 29.8 Å². The van der Waals surface area contributed by atoms with Crippen molar-refractivity contribution < 1.29 is 13.2 Å². The summed E-state index contributed by atoms with van der Waals surface area (Å²) >= 11 is 0. The fraction of sp³-hybridized carbons (Fsp3) is 0.588. The molecule has 0 aliphatic carbocycles. The molecule has 0 saturated carbocycles. The molecule has 2 N–H and O–H groups in total. The van der Waals surface area contributed by atoms with Gasteiger partial charge in [-0.15, -0.1) is 12.4 Å². The van der Waals surface area contributed by atoms with Crippen LogP contribution in [0.4, 0.5) is 0 Å². The Hall–Kier alpha value is -1.15. The Labute approximate surface area is 156 Å². The number of likely N-dealkylation sites (N-methyl/N-ethyl adjacent to an activating group) is 1. The molecule has 0 bridgehead atoms. The summed E-state index contributed by atoms with van der Waals surface area (Å²) < 4.78 is 26.9. The van der Waals surface area contributed by atoms with Gasteiger partial charge >= 0.3 is 0 Å². The average molecular weight is 390 g/mol. The van der Waals surface area contributed by atoms with Crippen LogP contribution in [0.15, 0.2) is 29.2 Å². The SMILES string of the molecule is CCN[C@H](C)CNC(=O)c1cccc(S(=O)(=O)N2CCCCC2)c1.Cl. The van der Waals surface area contributed by atoms with Crippen molar-refractivity contribution in [1.82, 2.24) is 14.9 Å². The first-order valence-corrected chi connectivity index (χ1v) is 10.0. The lowest BCUT2D eigenvalue weighted by atomic mass is 10.2. The Kier molecular flexibility index (Phi) is 8.85. The van der Waals surface area contributed by atoms with Gasteiger partial charge < -0.3 is 10.6 Å². The summed E-state index contributed by atoms with van der Waals surface area (Å²) in [5, 5.41) is 6.05. The van der Waals surface area contributed by atoms with Crippen LogP contribution in [0.5, 0.6) is 0 Å². The summed E-state index contributed by atoms with van der Waals surface area (Å²) in [6.45, 7) is 6.43. The number of hydrogen-bond donors (Lipinski definition) is 2. The first-order chi connectivity index (χ1) is 11.4. The summed E-state index contributed by atoms with van der Waals surface area (Å²) in [6.07, 6.45) is 2.85. The van der Waals surface area contributed by atoms with Crippen LogP contribution < -0.4 is 10.6 Å². The first-order valence-electron chi connectivity index (χ1n) is 8.57. The number of carbonyl (C=O) groups excluding carboxylic acids is 1. The minimum atomic E-state index is -3.52. The Morgan fingerprint density at radius 3 is 2.56 bits per heavy atom. The van der Waals surface area contributed by atoms with Crippen LogP contribution in [-0.4, -0.2) is 50.9 Å². The van der Waals surface area contributed by atoms with E-state index in [9.17, 15) is 13.2 Å². The predicted molar refractivity (Wildman–Crippen MR) is 102 cm³/mol. The number of amides is 1. The number of hydrogen-bond acceptors (Lipinski definition) is 4. The number of piperidine rings is 1. The highest BCUT2D eigenvalue weighted by molar-refractivity contribution is 7.89. The van der Waals surface area contributed by atoms with Crippen LogP contribution in [0, 0.1) is 0 Å². The summed E-state index contributed by atoms with van der Waals surface area (Å²) in [5.74, 6) is -0.254. The van der Waals surface area contributed by atoms with Gasteiger partial charge in [-0.05, 0) is 44.5 Å². The average Bonchev–Trinajstić information content (AvgIpc) is 2.61. The minimum absolute atomic E-state index is 0. The van der Waals surface area contributed by atoms with Gasteiger partial charge in [0.2, 0.25) is 10.0 Å². The van der Waals surface area contributed by atoms with Gasteiger partial charge in [0.1, 0.15) is 0 Å². The van der Waals surface area contributed by atoms with Gasteiger partial charge in [0.15, 0.2) is 0 Å². The molecule has 0 aromatic heterocycles. The van der Waals surface area contributed by atoms with E-state index in [0.29, 0.717) is 25.2 Å². The van der Waals surface area contributed by atoms with Crippen molar-refractivity contribution in [3.63, 3.8) is 0 Å². The van der Waals surface area contributed by atoms with Crippen LogP contribution in [-0.2, 0) is 10.0 Å². The van der Waals surface area contributed by atoms with E-state index >= 15 is 0 Å². The molecule has 0 radical (unpaired) electrons. The number of nitrogens with one attached hydrogen (secondary N) is 2. The molecule has 8 heteroatoms. The molecule has 142 valence electrons. The molecule has 1 amide bonds. The van der Waals surface area contributed by atoms with Gasteiger partial charge in [-0.3, -0.25) is 4.79 Å². The maximum absolute atomic E-state index is 12.7. The maximum atomic E-state index is 12.7. The van der Waals surface area contributed by atoms with Gasteiger partial charge in [0.25, 0.3) is 5.91 Å². The Morgan fingerprint density at radius 1 is 1.24 bits per heavy atom. The third-order valence-corrected chi connectivity index (χ3v) is 6.07.